The lowest BCUT2D eigenvalue weighted by Gasteiger charge is -2.28. The van der Waals surface area contributed by atoms with Crippen LogP contribution in [0, 0.1) is 0 Å². The predicted molar refractivity (Wildman–Crippen MR) is 83.7 cm³/mol. The first-order chi connectivity index (χ1) is 9.79. The molecule has 0 heterocycles. The molecule has 0 radical (unpaired) electrons. The van der Waals surface area contributed by atoms with Gasteiger partial charge in [0.2, 0.25) is 5.91 Å². The lowest BCUT2D eigenvalue weighted by molar-refractivity contribution is -0.134. The molecule has 0 aromatic rings. The molecule has 0 atom stereocenters. The van der Waals surface area contributed by atoms with Crippen LogP contribution in [0.25, 0.3) is 0 Å². The summed E-state index contributed by atoms with van der Waals surface area (Å²) in [5, 5.41) is 9.14. The third kappa shape index (κ3) is 6.74. The highest BCUT2D eigenvalue weighted by Gasteiger charge is 2.25. The maximum Gasteiger partial charge on any atom is 0.222 e. The van der Waals surface area contributed by atoms with Crippen molar-refractivity contribution in [1.29, 1.82) is 0 Å². The molecule has 0 bridgehead atoms. The summed E-state index contributed by atoms with van der Waals surface area (Å²) in [5.74, 6) is 0.263. The number of carbonyl (C=O) groups is 1. The van der Waals surface area contributed by atoms with Crippen molar-refractivity contribution in [3.05, 3.63) is 0 Å². The molecule has 1 fully saturated rings. The van der Waals surface area contributed by atoms with Crippen LogP contribution in [0.4, 0.5) is 0 Å². The molecule has 1 rings (SSSR count). The van der Waals surface area contributed by atoms with Gasteiger partial charge in [0.25, 0.3) is 0 Å². The number of amides is 1. The molecule has 0 aromatic carbocycles. The zero-order chi connectivity index (χ0) is 14.6. The number of aliphatic hydroxyl groups excluding tert-OH is 1. The molecule has 0 aliphatic heterocycles. The highest BCUT2D eigenvalue weighted by molar-refractivity contribution is 5.76. The molecular weight excluding hydrogens is 250 g/mol. The predicted octanol–water partition coefficient (Wildman–Crippen LogP) is 3.89. The summed E-state index contributed by atoms with van der Waals surface area (Å²) >= 11 is 0. The van der Waals surface area contributed by atoms with Gasteiger partial charge in [-0.1, -0.05) is 58.3 Å². The van der Waals surface area contributed by atoms with Crippen molar-refractivity contribution in [3.8, 4) is 0 Å². The Balaban J connectivity index is 2.14. The molecule has 0 unspecified atom stereocenters. The van der Waals surface area contributed by atoms with E-state index in [1.54, 1.807) is 0 Å². The van der Waals surface area contributed by atoms with Gasteiger partial charge in [0.15, 0.2) is 0 Å². The summed E-state index contributed by atoms with van der Waals surface area (Å²) in [5.41, 5.74) is 0. The van der Waals surface area contributed by atoms with E-state index in [1.165, 1.54) is 51.4 Å². The molecule has 1 saturated carbocycles. The first-order valence-electron chi connectivity index (χ1n) is 8.70. The summed E-state index contributed by atoms with van der Waals surface area (Å²) < 4.78 is 0. The standard InChI is InChI=1S/C17H33NO2/c1-2-3-4-5-6-7-8-13-17(20)18(14-15-19)16-11-9-10-12-16/h16,19H,2-15H2,1H3. The van der Waals surface area contributed by atoms with Crippen LogP contribution in [0.1, 0.15) is 84.0 Å². The minimum atomic E-state index is 0.0965. The van der Waals surface area contributed by atoms with E-state index >= 15 is 0 Å². The number of carbonyl (C=O) groups excluding carboxylic acids is 1. The Morgan fingerprint density at radius 1 is 1.05 bits per heavy atom. The minimum Gasteiger partial charge on any atom is -0.395 e. The zero-order valence-corrected chi connectivity index (χ0v) is 13.3. The lowest BCUT2D eigenvalue weighted by atomic mass is 10.1. The molecular formula is C17H33NO2. The van der Waals surface area contributed by atoms with Crippen molar-refractivity contribution >= 4 is 5.91 Å². The third-order valence-electron chi connectivity index (χ3n) is 4.42. The van der Waals surface area contributed by atoms with Crippen LogP contribution in [0.2, 0.25) is 0 Å². The molecule has 3 heteroatoms. The van der Waals surface area contributed by atoms with Crippen LogP contribution in [0.3, 0.4) is 0 Å². The van der Waals surface area contributed by atoms with Crippen LogP contribution in [0.15, 0.2) is 0 Å². The van der Waals surface area contributed by atoms with E-state index in [0.717, 1.165) is 19.3 Å². The van der Waals surface area contributed by atoms with E-state index in [0.29, 0.717) is 19.0 Å². The van der Waals surface area contributed by atoms with Gasteiger partial charge in [0, 0.05) is 19.0 Å². The fourth-order valence-corrected chi connectivity index (χ4v) is 3.21. The normalized spacial score (nSPS) is 15.7. The largest absolute Gasteiger partial charge is 0.395 e. The number of aliphatic hydroxyl groups is 1. The molecule has 1 aliphatic rings. The van der Waals surface area contributed by atoms with Gasteiger partial charge in [-0.3, -0.25) is 4.79 Å². The Hall–Kier alpha value is -0.570. The summed E-state index contributed by atoms with van der Waals surface area (Å²) in [6, 6.07) is 0.402. The van der Waals surface area contributed by atoms with Crippen molar-refractivity contribution < 1.29 is 9.90 Å². The Morgan fingerprint density at radius 3 is 2.25 bits per heavy atom. The third-order valence-corrected chi connectivity index (χ3v) is 4.42. The first-order valence-corrected chi connectivity index (χ1v) is 8.70. The van der Waals surface area contributed by atoms with E-state index in [2.05, 4.69) is 6.92 Å². The van der Waals surface area contributed by atoms with Crippen LogP contribution >= 0.6 is 0 Å². The molecule has 1 aliphatic carbocycles. The SMILES string of the molecule is CCCCCCCCCC(=O)N(CCO)C1CCCC1. The second-order valence-electron chi connectivity index (χ2n) is 6.12. The molecule has 0 saturated heterocycles. The van der Waals surface area contributed by atoms with Crippen LogP contribution in [0.5, 0.6) is 0 Å². The fraction of sp³-hybridized carbons (Fsp3) is 0.941. The van der Waals surface area contributed by atoms with Gasteiger partial charge in [-0.25, -0.2) is 0 Å². The van der Waals surface area contributed by atoms with Gasteiger partial charge in [-0.2, -0.15) is 0 Å². The number of rotatable bonds is 11. The number of hydrogen-bond acceptors (Lipinski definition) is 2. The molecule has 0 aromatic heterocycles. The van der Waals surface area contributed by atoms with Crippen molar-refractivity contribution in [1.82, 2.24) is 4.90 Å². The van der Waals surface area contributed by atoms with Crippen molar-refractivity contribution in [2.75, 3.05) is 13.2 Å². The van der Waals surface area contributed by atoms with Gasteiger partial charge in [0.05, 0.1) is 6.61 Å². The fourth-order valence-electron chi connectivity index (χ4n) is 3.21. The second-order valence-corrected chi connectivity index (χ2v) is 6.12. The van der Waals surface area contributed by atoms with Crippen molar-refractivity contribution in [2.24, 2.45) is 0 Å². The summed E-state index contributed by atoms with van der Waals surface area (Å²) in [7, 11) is 0. The molecule has 118 valence electrons. The summed E-state index contributed by atoms with van der Waals surface area (Å²) in [4.78, 5) is 14.2. The molecule has 1 N–H and O–H groups in total. The van der Waals surface area contributed by atoms with Gasteiger partial charge in [-0.05, 0) is 19.3 Å². The van der Waals surface area contributed by atoms with E-state index in [1.807, 2.05) is 4.90 Å². The molecule has 3 nitrogen and oxygen atoms in total. The maximum atomic E-state index is 12.3. The molecule has 20 heavy (non-hydrogen) atoms. The van der Waals surface area contributed by atoms with E-state index < -0.39 is 0 Å². The van der Waals surface area contributed by atoms with Gasteiger partial charge in [-0.15, -0.1) is 0 Å². The Labute approximate surface area is 124 Å². The average molecular weight is 283 g/mol. The van der Waals surface area contributed by atoms with Crippen LogP contribution in [-0.4, -0.2) is 35.1 Å². The smallest absolute Gasteiger partial charge is 0.222 e. The summed E-state index contributed by atoms with van der Waals surface area (Å²) in [6.45, 7) is 2.86. The van der Waals surface area contributed by atoms with Crippen molar-refractivity contribution in [3.63, 3.8) is 0 Å². The highest BCUT2D eigenvalue weighted by Crippen LogP contribution is 2.24. The van der Waals surface area contributed by atoms with E-state index in [-0.39, 0.29) is 12.5 Å². The number of unbranched alkanes of at least 4 members (excludes halogenated alkanes) is 6. The second kappa shape index (κ2) is 11.1. The maximum absolute atomic E-state index is 12.3. The van der Waals surface area contributed by atoms with E-state index in [4.69, 9.17) is 5.11 Å². The molecule has 1 amide bonds. The zero-order valence-electron chi connectivity index (χ0n) is 13.3. The first kappa shape index (κ1) is 17.5. The monoisotopic (exact) mass is 283 g/mol. The Morgan fingerprint density at radius 2 is 1.65 bits per heavy atom. The highest BCUT2D eigenvalue weighted by atomic mass is 16.3. The van der Waals surface area contributed by atoms with Crippen LogP contribution < -0.4 is 0 Å². The topological polar surface area (TPSA) is 40.5 Å². The average Bonchev–Trinajstić information content (AvgIpc) is 2.97. The van der Waals surface area contributed by atoms with Gasteiger partial charge < -0.3 is 10.0 Å². The Kier molecular flexibility index (Phi) is 9.73. The molecule has 0 spiro atoms. The van der Waals surface area contributed by atoms with Gasteiger partial charge in [0.1, 0.15) is 0 Å². The van der Waals surface area contributed by atoms with Crippen molar-refractivity contribution in [2.45, 2.75) is 90.0 Å². The minimum absolute atomic E-state index is 0.0965. The quantitative estimate of drug-likeness (QED) is 0.584. The Bertz CT molecular complexity index is 249. The number of hydrogen-bond donors (Lipinski definition) is 1. The summed E-state index contributed by atoms with van der Waals surface area (Å²) in [6.07, 6.45) is 14.1. The van der Waals surface area contributed by atoms with E-state index in [9.17, 15) is 4.79 Å². The van der Waals surface area contributed by atoms with Gasteiger partial charge >= 0.3 is 0 Å². The lowest BCUT2D eigenvalue weighted by Crippen LogP contribution is -2.40. The number of nitrogens with zero attached hydrogens (tertiary/aromatic N) is 1. The van der Waals surface area contributed by atoms with Crippen LogP contribution in [-0.2, 0) is 4.79 Å².